The fourth-order valence-electron chi connectivity index (χ4n) is 4.98. The Balaban J connectivity index is 1.51. The van der Waals surface area contributed by atoms with Crippen LogP contribution in [0, 0.1) is 0 Å². The summed E-state index contributed by atoms with van der Waals surface area (Å²) in [5, 5.41) is 17.2. The molecule has 2 saturated carbocycles. The number of pyridine rings is 1. The molecule has 2 aliphatic carbocycles. The molecular weight excluding hydrogens is 436 g/mol. The molecule has 3 fully saturated rings. The van der Waals surface area contributed by atoms with E-state index in [0.717, 1.165) is 30.7 Å². The van der Waals surface area contributed by atoms with Crippen LogP contribution in [0.1, 0.15) is 73.8 Å². The number of hydrogen-bond donors (Lipinski definition) is 3. The Morgan fingerprint density at radius 3 is 2.64 bits per heavy atom. The molecule has 176 valence electrons. The zero-order valence-corrected chi connectivity index (χ0v) is 19.6. The highest BCUT2D eigenvalue weighted by molar-refractivity contribution is 7.16. The van der Waals surface area contributed by atoms with Crippen LogP contribution in [-0.4, -0.2) is 46.6 Å². The Kier molecular flexibility index (Phi) is 6.76. The summed E-state index contributed by atoms with van der Waals surface area (Å²) >= 11 is 1.60. The lowest BCUT2D eigenvalue weighted by atomic mass is 9.94. The molecule has 5 rings (SSSR count). The second-order valence-corrected chi connectivity index (χ2v) is 10.6. The molecule has 1 unspecified atom stereocenters. The maximum absolute atomic E-state index is 13.9. The van der Waals surface area contributed by atoms with Crippen LogP contribution >= 0.6 is 11.3 Å². The topological polar surface area (TPSA) is 94.6 Å². The van der Waals surface area contributed by atoms with E-state index in [-0.39, 0.29) is 17.9 Å². The van der Waals surface area contributed by atoms with E-state index in [1.54, 1.807) is 34.7 Å². The van der Waals surface area contributed by atoms with Gasteiger partial charge in [-0.15, -0.1) is 11.3 Å². The first kappa shape index (κ1) is 22.5. The van der Waals surface area contributed by atoms with Crippen LogP contribution in [0.15, 0.2) is 36.7 Å². The van der Waals surface area contributed by atoms with Gasteiger partial charge in [-0.2, -0.15) is 0 Å². The minimum Gasteiger partial charge on any atom is -0.392 e. The predicted octanol–water partition coefficient (Wildman–Crippen LogP) is 3.27. The molecule has 0 spiro atoms. The van der Waals surface area contributed by atoms with E-state index in [2.05, 4.69) is 21.7 Å². The minimum atomic E-state index is -0.807. The molecule has 0 bridgehead atoms. The molecule has 0 radical (unpaired) electrons. The van der Waals surface area contributed by atoms with Gasteiger partial charge in [0.25, 0.3) is 0 Å². The van der Waals surface area contributed by atoms with E-state index < -0.39 is 18.2 Å². The summed E-state index contributed by atoms with van der Waals surface area (Å²) in [6.07, 6.45) is 10.9. The van der Waals surface area contributed by atoms with Crippen molar-refractivity contribution >= 4 is 28.2 Å². The van der Waals surface area contributed by atoms with Crippen molar-refractivity contribution in [2.24, 2.45) is 0 Å². The molecule has 2 amide bonds. The number of rotatable bonds is 7. The van der Waals surface area contributed by atoms with Gasteiger partial charge in [-0.25, -0.2) is 0 Å². The van der Waals surface area contributed by atoms with Crippen molar-refractivity contribution in [2.75, 3.05) is 11.4 Å². The Morgan fingerprint density at radius 2 is 1.97 bits per heavy atom. The van der Waals surface area contributed by atoms with Gasteiger partial charge in [-0.3, -0.25) is 19.5 Å². The van der Waals surface area contributed by atoms with Crippen LogP contribution < -0.4 is 15.5 Å². The van der Waals surface area contributed by atoms with Gasteiger partial charge in [-0.05, 0) is 56.2 Å². The average molecular weight is 469 g/mol. The lowest BCUT2D eigenvalue weighted by Crippen LogP contribution is -2.51. The molecular formula is C25H32N4O3S. The Labute approximate surface area is 198 Å². The third-order valence-electron chi connectivity index (χ3n) is 6.93. The molecule has 3 aliphatic rings. The number of nitrogens with one attached hydrogen (secondary N) is 2. The summed E-state index contributed by atoms with van der Waals surface area (Å²) in [5.74, 6) is 0.228. The molecule has 7 nitrogen and oxygen atoms in total. The quantitative estimate of drug-likeness (QED) is 0.580. The largest absolute Gasteiger partial charge is 0.392 e. The number of anilines is 1. The van der Waals surface area contributed by atoms with E-state index in [1.807, 2.05) is 12.1 Å². The smallest absolute Gasteiger partial charge is 0.248 e. The number of aliphatic hydroxyl groups is 1. The SMILES string of the molecule is O=C(NC1CCCCC1)C(c1cccnc1)N(C(=O)[C@H]1C[C@@H](O)CN1)c1ccc(C2CC2)s1. The number of thiophene rings is 1. The van der Waals surface area contributed by atoms with E-state index in [9.17, 15) is 14.7 Å². The molecule has 3 atom stereocenters. The number of aromatic nitrogens is 1. The van der Waals surface area contributed by atoms with Gasteiger partial charge < -0.3 is 15.7 Å². The monoisotopic (exact) mass is 468 g/mol. The molecule has 1 aliphatic heterocycles. The van der Waals surface area contributed by atoms with Crippen molar-refractivity contribution in [1.29, 1.82) is 0 Å². The van der Waals surface area contributed by atoms with Gasteiger partial charge in [0, 0.05) is 35.4 Å². The molecule has 3 N–H and O–H groups in total. The number of carbonyl (C=O) groups excluding carboxylic acids is 2. The Morgan fingerprint density at radius 1 is 1.15 bits per heavy atom. The van der Waals surface area contributed by atoms with Gasteiger partial charge in [-0.1, -0.05) is 25.3 Å². The fourth-order valence-corrected chi connectivity index (χ4v) is 6.19. The first-order valence-electron chi connectivity index (χ1n) is 12.1. The summed E-state index contributed by atoms with van der Waals surface area (Å²) in [6, 6.07) is 6.55. The number of aliphatic hydroxyl groups excluding tert-OH is 1. The average Bonchev–Trinajstić information content (AvgIpc) is 3.41. The predicted molar refractivity (Wildman–Crippen MR) is 128 cm³/mol. The van der Waals surface area contributed by atoms with Crippen molar-refractivity contribution in [3.63, 3.8) is 0 Å². The van der Waals surface area contributed by atoms with E-state index in [1.165, 1.54) is 24.1 Å². The highest BCUT2D eigenvalue weighted by Crippen LogP contribution is 2.46. The summed E-state index contributed by atoms with van der Waals surface area (Å²) in [4.78, 5) is 34.8. The van der Waals surface area contributed by atoms with Crippen LogP contribution in [0.2, 0.25) is 0 Å². The normalized spacial score (nSPS) is 24.4. The van der Waals surface area contributed by atoms with Crippen LogP contribution in [0.3, 0.4) is 0 Å². The summed E-state index contributed by atoms with van der Waals surface area (Å²) in [7, 11) is 0. The van der Waals surface area contributed by atoms with E-state index in [0.29, 0.717) is 24.4 Å². The van der Waals surface area contributed by atoms with Crippen molar-refractivity contribution in [3.05, 3.63) is 47.1 Å². The molecule has 1 saturated heterocycles. The van der Waals surface area contributed by atoms with Crippen LogP contribution in [-0.2, 0) is 9.59 Å². The maximum atomic E-state index is 13.9. The zero-order chi connectivity index (χ0) is 22.8. The van der Waals surface area contributed by atoms with Crippen LogP contribution in [0.5, 0.6) is 0 Å². The van der Waals surface area contributed by atoms with Crippen molar-refractivity contribution in [2.45, 2.75) is 81.5 Å². The third-order valence-corrected chi connectivity index (χ3v) is 8.18. The highest BCUT2D eigenvalue weighted by atomic mass is 32.1. The van der Waals surface area contributed by atoms with E-state index >= 15 is 0 Å². The number of nitrogens with zero attached hydrogens (tertiary/aromatic N) is 2. The third kappa shape index (κ3) is 5.13. The van der Waals surface area contributed by atoms with Gasteiger partial charge >= 0.3 is 0 Å². The molecule has 8 heteroatoms. The summed E-state index contributed by atoms with van der Waals surface area (Å²) in [6.45, 7) is 0.383. The van der Waals surface area contributed by atoms with E-state index in [4.69, 9.17) is 0 Å². The van der Waals surface area contributed by atoms with Crippen molar-refractivity contribution < 1.29 is 14.7 Å². The maximum Gasteiger partial charge on any atom is 0.248 e. The molecule has 3 heterocycles. The summed E-state index contributed by atoms with van der Waals surface area (Å²) in [5.41, 5.74) is 0.694. The van der Waals surface area contributed by atoms with Crippen molar-refractivity contribution in [3.8, 4) is 0 Å². The fraction of sp³-hybridized carbons (Fsp3) is 0.560. The van der Waals surface area contributed by atoms with Gasteiger partial charge in [0.2, 0.25) is 11.8 Å². The minimum absolute atomic E-state index is 0.138. The van der Waals surface area contributed by atoms with Crippen molar-refractivity contribution in [1.82, 2.24) is 15.6 Å². The van der Waals surface area contributed by atoms with Crippen LogP contribution in [0.4, 0.5) is 5.00 Å². The van der Waals surface area contributed by atoms with Gasteiger partial charge in [0.05, 0.1) is 17.1 Å². The first-order chi connectivity index (χ1) is 16.1. The summed E-state index contributed by atoms with van der Waals surface area (Å²) < 4.78 is 0. The second-order valence-electron chi connectivity index (χ2n) is 9.54. The number of β-amino-alcohol motifs (C(OH)–C–C–N with tert-alkyl or cyclic N) is 1. The molecule has 2 aromatic heterocycles. The first-order valence-corrected chi connectivity index (χ1v) is 13.0. The zero-order valence-electron chi connectivity index (χ0n) is 18.8. The number of carbonyl (C=O) groups is 2. The molecule has 0 aromatic carbocycles. The molecule has 33 heavy (non-hydrogen) atoms. The number of amides is 2. The van der Waals surface area contributed by atoms with Gasteiger partial charge in [0.1, 0.15) is 6.04 Å². The Hall–Kier alpha value is -2.29. The van der Waals surface area contributed by atoms with Gasteiger partial charge in [0.15, 0.2) is 0 Å². The molecule has 2 aromatic rings. The second kappa shape index (κ2) is 9.91. The lowest BCUT2D eigenvalue weighted by molar-refractivity contribution is -0.128. The number of hydrogen-bond acceptors (Lipinski definition) is 6. The lowest BCUT2D eigenvalue weighted by Gasteiger charge is -2.33. The highest BCUT2D eigenvalue weighted by Gasteiger charge is 2.40. The standard InChI is InChI=1S/C25H32N4O3S/c30-19-13-20(27-15-19)25(32)29(22-11-10-21(33-22)16-8-9-16)23(17-5-4-12-26-14-17)24(31)28-18-6-2-1-3-7-18/h4-5,10-12,14,16,18-20,23,27,30H,1-3,6-9,13,15H2,(H,28,31)/t19-,20-,23?/m1/s1. The van der Waals surface area contributed by atoms with Crippen LogP contribution in [0.25, 0.3) is 0 Å². The Bertz CT molecular complexity index is 971.